The molecule has 0 spiro atoms. The van der Waals surface area contributed by atoms with Crippen LogP contribution in [0.5, 0.6) is 5.75 Å². The van der Waals surface area contributed by atoms with Crippen molar-refractivity contribution in [3.63, 3.8) is 0 Å². The van der Waals surface area contributed by atoms with Crippen LogP contribution >= 0.6 is 0 Å². The second kappa shape index (κ2) is 6.78. The van der Waals surface area contributed by atoms with Gasteiger partial charge >= 0.3 is 6.61 Å². The molecule has 1 N–H and O–H groups in total. The van der Waals surface area contributed by atoms with E-state index in [4.69, 9.17) is 0 Å². The molecule has 0 saturated heterocycles. The molecule has 1 aromatic heterocycles. The van der Waals surface area contributed by atoms with Gasteiger partial charge < -0.3 is 10.1 Å². The summed E-state index contributed by atoms with van der Waals surface area (Å²) in [4.78, 5) is 15.9. The molecule has 1 amide bonds. The van der Waals surface area contributed by atoms with Crippen molar-refractivity contribution in [3.05, 3.63) is 59.4 Å². The molecule has 0 atom stereocenters. The summed E-state index contributed by atoms with van der Waals surface area (Å²) in [6.45, 7) is -0.591. The van der Waals surface area contributed by atoms with Gasteiger partial charge in [-0.15, -0.1) is 0 Å². The number of carbonyl (C=O) groups is 1. The lowest BCUT2D eigenvalue weighted by atomic mass is 10.1. The van der Waals surface area contributed by atoms with Crippen LogP contribution in [0, 0.1) is 6.92 Å². The Morgan fingerprint density at radius 1 is 1.29 bits per heavy atom. The molecular formula is C15H14F2N2O2. The molecule has 2 aromatic rings. The molecule has 2 rings (SSSR count). The lowest BCUT2D eigenvalue weighted by Gasteiger charge is -2.08. The minimum Gasteiger partial charge on any atom is -0.435 e. The van der Waals surface area contributed by atoms with E-state index in [-0.39, 0.29) is 11.7 Å². The number of carbonyl (C=O) groups excluding carboxylic acids is 1. The zero-order chi connectivity index (χ0) is 15.2. The Kier molecular flexibility index (Phi) is 4.81. The van der Waals surface area contributed by atoms with E-state index < -0.39 is 6.61 Å². The number of benzene rings is 1. The molecule has 1 aromatic carbocycles. The van der Waals surface area contributed by atoms with Gasteiger partial charge in [0.25, 0.3) is 5.91 Å². The molecule has 0 unspecified atom stereocenters. The van der Waals surface area contributed by atoms with Crippen LogP contribution in [0.4, 0.5) is 8.78 Å². The van der Waals surface area contributed by atoms with E-state index in [0.717, 1.165) is 11.1 Å². The third-order valence-electron chi connectivity index (χ3n) is 2.93. The average Bonchev–Trinajstić information content (AvgIpc) is 2.46. The number of hydrogen-bond donors (Lipinski definition) is 1. The maximum Gasteiger partial charge on any atom is 0.387 e. The second-order valence-corrected chi connectivity index (χ2v) is 4.39. The summed E-state index contributed by atoms with van der Waals surface area (Å²) in [6.07, 6.45) is 3.37. The number of nitrogens with one attached hydrogen (secondary N) is 1. The van der Waals surface area contributed by atoms with Gasteiger partial charge in [-0.05, 0) is 48.4 Å². The molecule has 4 nitrogen and oxygen atoms in total. The average molecular weight is 292 g/mol. The van der Waals surface area contributed by atoms with Crippen LogP contribution in [0.1, 0.15) is 21.5 Å². The van der Waals surface area contributed by atoms with E-state index in [1.807, 2.05) is 13.0 Å². The van der Waals surface area contributed by atoms with Gasteiger partial charge in [-0.2, -0.15) is 8.78 Å². The highest BCUT2D eigenvalue weighted by molar-refractivity contribution is 5.94. The topological polar surface area (TPSA) is 51.2 Å². The van der Waals surface area contributed by atoms with Crippen molar-refractivity contribution >= 4 is 5.91 Å². The molecule has 0 aliphatic heterocycles. The fraction of sp³-hybridized carbons (Fsp3) is 0.200. The fourth-order valence-corrected chi connectivity index (χ4v) is 1.75. The van der Waals surface area contributed by atoms with E-state index >= 15 is 0 Å². The first-order valence-corrected chi connectivity index (χ1v) is 6.29. The Balaban J connectivity index is 1.96. The minimum atomic E-state index is -2.88. The molecule has 0 fully saturated rings. The minimum absolute atomic E-state index is 0.0182. The van der Waals surface area contributed by atoms with Crippen LogP contribution in [0.25, 0.3) is 0 Å². The van der Waals surface area contributed by atoms with Crippen LogP contribution in [-0.2, 0) is 6.54 Å². The highest BCUT2D eigenvalue weighted by Crippen LogP contribution is 2.15. The summed E-state index contributed by atoms with van der Waals surface area (Å²) in [5.41, 5.74) is 2.33. The van der Waals surface area contributed by atoms with Gasteiger partial charge in [-0.1, -0.05) is 0 Å². The lowest BCUT2D eigenvalue weighted by molar-refractivity contribution is -0.0498. The molecule has 110 valence electrons. The monoisotopic (exact) mass is 292 g/mol. The maximum absolute atomic E-state index is 12.0. The third kappa shape index (κ3) is 4.24. The number of hydrogen-bond acceptors (Lipinski definition) is 3. The van der Waals surface area contributed by atoms with Crippen molar-refractivity contribution in [1.29, 1.82) is 0 Å². The van der Waals surface area contributed by atoms with Gasteiger partial charge in [0, 0.05) is 24.5 Å². The van der Waals surface area contributed by atoms with Crippen LogP contribution < -0.4 is 10.1 Å². The van der Waals surface area contributed by atoms with Crippen molar-refractivity contribution < 1.29 is 18.3 Å². The predicted molar refractivity (Wildman–Crippen MR) is 73.2 cm³/mol. The molecule has 21 heavy (non-hydrogen) atoms. The fourth-order valence-electron chi connectivity index (χ4n) is 1.75. The number of pyridine rings is 1. The van der Waals surface area contributed by atoms with Gasteiger partial charge in [0.05, 0.1) is 0 Å². The molecule has 0 aliphatic rings. The number of halogens is 2. The quantitative estimate of drug-likeness (QED) is 0.922. The number of rotatable bonds is 5. The first-order valence-electron chi connectivity index (χ1n) is 6.29. The van der Waals surface area contributed by atoms with Gasteiger partial charge in [-0.3, -0.25) is 9.78 Å². The van der Waals surface area contributed by atoms with E-state index in [9.17, 15) is 13.6 Å². The Morgan fingerprint density at radius 3 is 2.62 bits per heavy atom. The summed E-state index contributed by atoms with van der Waals surface area (Å²) in [6, 6.07) is 7.39. The predicted octanol–water partition coefficient (Wildman–Crippen LogP) is 2.92. The summed E-state index contributed by atoms with van der Waals surface area (Å²) in [5, 5.41) is 2.75. The Morgan fingerprint density at radius 2 is 2.00 bits per heavy atom. The van der Waals surface area contributed by atoms with E-state index in [1.54, 1.807) is 12.4 Å². The first kappa shape index (κ1) is 14.9. The number of aryl methyl sites for hydroxylation is 1. The zero-order valence-corrected chi connectivity index (χ0v) is 11.3. The summed E-state index contributed by atoms with van der Waals surface area (Å²) < 4.78 is 28.3. The molecule has 0 bridgehead atoms. The van der Waals surface area contributed by atoms with Crippen LogP contribution in [0.15, 0.2) is 42.7 Å². The maximum atomic E-state index is 12.0. The SMILES string of the molecule is Cc1ccncc1CNC(=O)c1ccc(OC(F)F)cc1. The zero-order valence-electron chi connectivity index (χ0n) is 11.3. The molecule has 0 saturated carbocycles. The largest absolute Gasteiger partial charge is 0.435 e. The van der Waals surface area contributed by atoms with Crippen molar-refractivity contribution in [2.45, 2.75) is 20.1 Å². The smallest absolute Gasteiger partial charge is 0.387 e. The summed E-state index contributed by atoms with van der Waals surface area (Å²) >= 11 is 0. The molecule has 6 heteroatoms. The van der Waals surface area contributed by atoms with Gasteiger partial charge in [0.1, 0.15) is 5.75 Å². The van der Waals surface area contributed by atoms with Crippen molar-refractivity contribution in [3.8, 4) is 5.75 Å². The number of alkyl halides is 2. The normalized spacial score (nSPS) is 10.5. The van der Waals surface area contributed by atoms with Crippen molar-refractivity contribution in [2.75, 3.05) is 0 Å². The highest BCUT2D eigenvalue weighted by atomic mass is 19.3. The molecule has 1 heterocycles. The number of ether oxygens (including phenoxy) is 1. The summed E-state index contributed by atoms with van der Waals surface area (Å²) in [7, 11) is 0. The van der Waals surface area contributed by atoms with Crippen LogP contribution in [-0.4, -0.2) is 17.5 Å². The highest BCUT2D eigenvalue weighted by Gasteiger charge is 2.08. The Hall–Kier alpha value is -2.50. The van der Waals surface area contributed by atoms with E-state index in [0.29, 0.717) is 12.1 Å². The van der Waals surface area contributed by atoms with Crippen LogP contribution in [0.3, 0.4) is 0 Å². The van der Waals surface area contributed by atoms with E-state index in [1.165, 1.54) is 24.3 Å². The lowest BCUT2D eigenvalue weighted by Crippen LogP contribution is -2.23. The van der Waals surface area contributed by atoms with Gasteiger partial charge in [0.2, 0.25) is 0 Å². The Labute approximate surface area is 120 Å². The standard InChI is InChI=1S/C15H14F2N2O2/c1-10-6-7-18-8-12(10)9-19-14(20)11-2-4-13(5-3-11)21-15(16)17/h2-8,15H,9H2,1H3,(H,19,20). The first-order chi connectivity index (χ1) is 10.1. The van der Waals surface area contributed by atoms with Gasteiger partial charge in [0.15, 0.2) is 0 Å². The molecule has 0 aliphatic carbocycles. The molecule has 0 radical (unpaired) electrons. The van der Waals surface area contributed by atoms with Crippen LogP contribution in [0.2, 0.25) is 0 Å². The summed E-state index contributed by atoms with van der Waals surface area (Å²) in [5.74, 6) is -0.272. The number of aromatic nitrogens is 1. The van der Waals surface area contributed by atoms with Crippen molar-refractivity contribution in [2.24, 2.45) is 0 Å². The third-order valence-corrected chi connectivity index (χ3v) is 2.93. The Bertz CT molecular complexity index is 615. The van der Waals surface area contributed by atoms with Crippen molar-refractivity contribution in [1.82, 2.24) is 10.3 Å². The number of nitrogens with zero attached hydrogens (tertiary/aromatic N) is 1. The molecular weight excluding hydrogens is 278 g/mol. The van der Waals surface area contributed by atoms with E-state index in [2.05, 4.69) is 15.0 Å². The number of amides is 1. The second-order valence-electron chi connectivity index (χ2n) is 4.39. The van der Waals surface area contributed by atoms with Gasteiger partial charge in [-0.25, -0.2) is 0 Å².